The molecule has 19 heavy (non-hydrogen) atoms. The van der Waals surface area contributed by atoms with Gasteiger partial charge in [0, 0.05) is 23.7 Å². The molecule has 0 bridgehead atoms. The van der Waals surface area contributed by atoms with E-state index in [9.17, 15) is 0 Å². The van der Waals surface area contributed by atoms with Gasteiger partial charge < -0.3 is 9.84 Å². The number of nitrogens with zero attached hydrogens (tertiary/aromatic N) is 4. The molecule has 0 aliphatic rings. The quantitative estimate of drug-likeness (QED) is 0.890. The lowest BCUT2D eigenvalue weighted by Crippen LogP contribution is -2.09. The maximum absolute atomic E-state index is 5.21. The molecule has 2 aromatic rings. The van der Waals surface area contributed by atoms with Crippen molar-refractivity contribution in [3.8, 4) is 0 Å². The predicted octanol–water partition coefficient (Wildman–Crippen LogP) is 1.77. The Labute approximate surface area is 113 Å². The van der Waals surface area contributed by atoms with Crippen LogP contribution in [0.5, 0.6) is 0 Å². The Kier molecular flexibility index (Phi) is 3.99. The molecule has 1 N–H and O–H groups in total. The van der Waals surface area contributed by atoms with Gasteiger partial charge in [-0.15, -0.1) is 0 Å². The summed E-state index contributed by atoms with van der Waals surface area (Å²) in [5.74, 6) is 1.60. The molecule has 0 amide bonds. The number of rotatable bonds is 5. The standard InChI is InChI=1S/C13H21N5O/c1-8(2)13-15-12(17-19-13)7-18-10(4)11(6-14-5)9(3)16-18/h8,14H,6-7H2,1-5H3. The summed E-state index contributed by atoms with van der Waals surface area (Å²) in [6, 6.07) is 0. The second-order valence-electron chi connectivity index (χ2n) is 5.04. The first kappa shape index (κ1) is 13.7. The van der Waals surface area contributed by atoms with Gasteiger partial charge in [0.2, 0.25) is 5.89 Å². The van der Waals surface area contributed by atoms with Crippen molar-refractivity contribution < 1.29 is 4.52 Å². The van der Waals surface area contributed by atoms with Crippen LogP contribution in [0.2, 0.25) is 0 Å². The minimum absolute atomic E-state index is 0.251. The molecular weight excluding hydrogens is 242 g/mol. The first-order chi connectivity index (χ1) is 9.02. The Morgan fingerprint density at radius 2 is 2.05 bits per heavy atom. The van der Waals surface area contributed by atoms with Crippen LogP contribution in [0.4, 0.5) is 0 Å². The van der Waals surface area contributed by atoms with Gasteiger partial charge in [-0.05, 0) is 20.9 Å². The first-order valence-electron chi connectivity index (χ1n) is 6.52. The molecule has 0 aliphatic carbocycles. The lowest BCUT2D eigenvalue weighted by atomic mass is 10.2. The van der Waals surface area contributed by atoms with Crippen LogP contribution in [-0.2, 0) is 13.1 Å². The van der Waals surface area contributed by atoms with Crippen LogP contribution >= 0.6 is 0 Å². The average molecular weight is 263 g/mol. The Bertz CT molecular complexity index is 555. The monoisotopic (exact) mass is 263 g/mol. The van der Waals surface area contributed by atoms with Gasteiger partial charge in [0.25, 0.3) is 0 Å². The summed E-state index contributed by atoms with van der Waals surface area (Å²) in [5, 5.41) is 11.7. The van der Waals surface area contributed by atoms with Crippen LogP contribution in [0.1, 0.15) is 48.4 Å². The number of hydrogen-bond donors (Lipinski definition) is 1. The molecule has 0 unspecified atom stereocenters. The second kappa shape index (κ2) is 5.52. The van der Waals surface area contributed by atoms with E-state index in [0.717, 1.165) is 17.9 Å². The molecule has 0 saturated carbocycles. The average Bonchev–Trinajstić information content (AvgIpc) is 2.91. The highest BCUT2D eigenvalue weighted by atomic mass is 16.5. The zero-order valence-corrected chi connectivity index (χ0v) is 12.2. The summed E-state index contributed by atoms with van der Waals surface area (Å²) in [6.45, 7) is 9.52. The molecule has 0 saturated heterocycles. The molecule has 2 heterocycles. The highest BCUT2D eigenvalue weighted by molar-refractivity contribution is 5.24. The van der Waals surface area contributed by atoms with Crippen LogP contribution in [-0.4, -0.2) is 27.0 Å². The van der Waals surface area contributed by atoms with E-state index in [1.165, 1.54) is 5.56 Å². The van der Waals surface area contributed by atoms with Crippen molar-refractivity contribution in [1.82, 2.24) is 25.2 Å². The molecule has 6 nitrogen and oxygen atoms in total. The largest absolute Gasteiger partial charge is 0.339 e. The van der Waals surface area contributed by atoms with E-state index < -0.39 is 0 Å². The number of aryl methyl sites for hydroxylation is 1. The maximum Gasteiger partial charge on any atom is 0.229 e. The summed E-state index contributed by atoms with van der Waals surface area (Å²) in [7, 11) is 1.93. The number of nitrogens with one attached hydrogen (secondary N) is 1. The third-order valence-electron chi connectivity index (χ3n) is 3.15. The van der Waals surface area contributed by atoms with E-state index in [4.69, 9.17) is 4.52 Å². The Morgan fingerprint density at radius 1 is 1.32 bits per heavy atom. The zero-order valence-electron chi connectivity index (χ0n) is 12.2. The zero-order chi connectivity index (χ0) is 14.0. The smallest absolute Gasteiger partial charge is 0.229 e. The third kappa shape index (κ3) is 2.84. The van der Waals surface area contributed by atoms with Crippen LogP contribution in [0.15, 0.2) is 4.52 Å². The van der Waals surface area contributed by atoms with Crippen LogP contribution in [0.3, 0.4) is 0 Å². The minimum Gasteiger partial charge on any atom is -0.339 e. The molecular formula is C13H21N5O. The topological polar surface area (TPSA) is 68.8 Å². The number of aromatic nitrogens is 4. The van der Waals surface area contributed by atoms with Gasteiger partial charge >= 0.3 is 0 Å². The van der Waals surface area contributed by atoms with Crippen molar-refractivity contribution in [3.05, 3.63) is 28.7 Å². The van der Waals surface area contributed by atoms with Crippen LogP contribution in [0.25, 0.3) is 0 Å². The van der Waals surface area contributed by atoms with Crippen molar-refractivity contribution in [2.45, 2.75) is 46.7 Å². The van der Waals surface area contributed by atoms with Gasteiger partial charge in [-0.2, -0.15) is 10.1 Å². The van der Waals surface area contributed by atoms with E-state index in [0.29, 0.717) is 18.3 Å². The SMILES string of the molecule is CNCc1c(C)nn(Cc2noc(C(C)C)n2)c1C. The van der Waals surface area contributed by atoms with E-state index in [1.54, 1.807) is 0 Å². The van der Waals surface area contributed by atoms with E-state index >= 15 is 0 Å². The van der Waals surface area contributed by atoms with Crippen LogP contribution < -0.4 is 5.32 Å². The summed E-state index contributed by atoms with van der Waals surface area (Å²) in [4.78, 5) is 4.38. The minimum atomic E-state index is 0.251. The van der Waals surface area contributed by atoms with Gasteiger partial charge in [-0.3, -0.25) is 4.68 Å². The summed E-state index contributed by atoms with van der Waals surface area (Å²) in [6.07, 6.45) is 0. The van der Waals surface area contributed by atoms with E-state index in [-0.39, 0.29) is 5.92 Å². The fraction of sp³-hybridized carbons (Fsp3) is 0.615. The molecule has 104 valence electrons. The Balaban J connectivity index is 2.20. The Morgan fingerprint density at radius 3 is 2.63 bits per heavy atom. The summed E-state index contributed by atoms with van der Waals surface area (Å²) in [5.41, 5.74) is 3.41. The molecule has 0 radical (unpaired) electrons. The van der Waals surface area contributed by atoms with Crippen molar-refractivity contribution in [1.29, 1.82) is 0 Å². The van der Waals surface area contributed by atoms with Gasteiger partial charge in [-0.1, -0.05) is 19.0 Å². The second-order valence-corrected chi connectivity index (χ2v) is 5.04. The van der Waals surface area contributed by atoms with Crippen molar-refractivity contribution in [2.75, 3.05) is 7.05 Å². The highest BCUT2D eigenvalue weighted by Gasteiger charge is 2.14. The fourth-order valence-electron chi connectivity index (χ4n) is 2.02. The van der Waals surface area contributed by atoms with E-state index in [1.807, 2.05) is 32.5 Å². The Hall–Kier alpha value is -1.69. The molecule has 0 atom stereocenters. The van der Waals surface area contributed by atoms with Gasteiger partial charge in [0.1, 0.15) is 6.54 Å². The molecule has 0 aromatic carbocycles. The molecule has 0 fully saturated rings. The van der Waals surface area contributed by atoms with Gasteiger partial charge in [0.05, 0.1) is 5.69 Å². The maximum atomic E-state index is 5.21. The van der Waals surface area contributed by atoms with Crippen molar-refractivity contribution >= 4 is 0 Å². The lowest BCUT2D eigenvalue weighted by molar-refractivity contribution is 0.359. The van der Waals surface area contributed by atoms with Gasteiger partial charge in [0.15, 0.2) is 5.82 Å². The fourth-order valence-corrected chi connectivity index (χ4v) is 2.02. The molecule has 0 spiro atoms. The normalized spacial score (nSPS) is 11.5. The summed E-state index contributed by atoms with van der Waals surface area (Å²) >= 11 is 0. The van der Waals surface area contributed by atoms with Crippen LogP contribution in [0, 0.1) is 13.8 Å². The van der Waals surface area contributed by atoms with Crippen molar-refractivity contribution in [3.63, 3.8) is 0 Å². The van der Waals surface area contributed by atoms with Gasteiger partial charge in [-0.25, -0.2) is 0 Å². The molecule has 0 aliphatic heterocycles. The lowest BCUT2D eigenvalue weighted by Gasteiger charge is -2.02. The number of hydrogen-bond acceptors (Lipinski definition) is 5. The third-order valence-corrected chi connectivity index (χ3v) is 3.15. The van der Waals surface area contributed by atoms with E-state index in [2.05, 4.69) is 27.5 Å². The predicted molar refractivity (Wildman–Crippen MR) is 72.0 cm³/mol. The molecule has 2 rings (SSSR count). The molecule has 2 aromatic heterocycles. The summed E-state index contributed by atoms with van der Waals surface area (Å²) < 4.78 is 7.14. The van der Waals surface area contributed by atoms with Crippen molar-refractivity contribution in [2.24, 2.45) is 0 Å². The highest BCUT2D eigenvalue weighted by Crippen LogP contribution is 2.15. The molecule has 6 heteroatoms. The first-order valence-corrected chi connectivity index (χ1v) is 6.52.